The normalized spacial score (nSPS) is 10.7. The summed E-state index contributed by atoms with van der Waals surface area (Å²) in [6.07, 6.45) is 4.75. The van der Waals surface area contributed by atoms with Crippen LogP contribution in [0.1, 0.15) is 5.69 Å². The van der Waals surface area contributed by atoms with Crippen molar-refractivity contribution in [2.24, 2.45) is 7.05 Å². The third-order valence-electron chi connectivity index (χ3n) is 2.47. The summed E-state index contributed by atoms with van der Waals surface area (Å²) >= 11 is 3.04. The fraction of sp³-hybridized carbons (Fsp3) is 0.400. The third kappa shape index (κ3) is 2.73. The molecule has 0 spiro atoms. The maximum atomic E-state index is 5.77. The zero-order valence-electron chi connectivity index (χ0n) is 9.80. The fourth-order valence-corrected chi connectivity index (χ4v) is 3.12. The molecule has 2 rings (SSSR count). The van der Waals surface area contributed by atoms with Crippen LogP contribution < -0.4 is 11.1 Å². The van der Waals surface area contributed by atoms with Crippen LogP contribution in [0.4, 0.5) is 10.8 Å². The summed E-state index contributed by atoms with van der Waals surface area (Å²) in [7, 11) is 1.95. The fourth-order valence-electron chi connectivity index (χ4n) is 1.55. The first-order valence-electron chi connectivity index (χ1n) is 5.22. The molecule has 7 heteroatoms. The van der Waals surface area contributed by atoms with E-state index in [1.54, 1.807) is 11.8 Å². The minimum Gasteiger partial charge on any atom is -0.382 e. The molecule has 5 nitrogen and oxygen atoms in total. The van der Waals surface area contributed by atoms with Gasteiger partial charge in [-0.3, -0.25) is 4.68 Å². The Hall–Kier alpha value is -1.21. The lowest BCUT2D eigenvalue weighted by molar-refractivity contribution is 0.711. The topological polar surface area (TPSA) is 68.8 Å². The number of aromatic nitrogens is 3. The van der Waals surface area contributed by atoms with Gasteiger partial charge in [0.2, 0.25) is 0 Å². The molecule has 0 amide bonds. The number of aryl methyl sites for hydroxylation is 1. The van der Waals surface area contributed by atoms with Gasteiger partial charge in [0.25, 0.3) is 0 Å². The second-order valence-electron chi connectivity index (χ2n) is 3.55. The molecule has 0 radical (unpaired) electrons. The number of anilines is 2. The maximum Gasteiger partial charge on any atom is 0.153 e. The van der Waals surface area contributed by atoms with Crippen LogP contribution in [-0.2, 0) is 13.5 Å². The molecule has 0 aliphatic rings. The standard InChI is InChI=1S/C10H15N5S2/c1-15-7(4-6-13-15)3-5-12-10-8(16-2)9(11)14-17-10/h4,6,12H,3,5H2,1-2H3,(H2,11,14). The molecule has 0 aromatic carbocycles. The van der Waals surface area contributed by atoms with Crippen molar-refractivity contribution in [2.75, 3.05) is 23.9 Å². The van der Waals surface area contributed by atoms with Gasteiger partial charge in [0.05, 0.1) is 4.90 Å². The first-order valence-corrected chi connectivity index (χ1v) is 7.22. The Bertz CT molecular complexity index is 491. The van der Waals surface area contributed by atoms with Crippen molar-refractivity contribution in [3.8, 4) is 0 Å². The molecular formula is C10H15N5S2. The lowest BCUT2D eigenvalue weighted by Crippen LogP contribution is -2.08. The van der Waals surface area contributed by atoms with Gasteiger partial charge in [-0.2, -0.15) is 9.47 Å². The molecule has 0 fully saturated rings. The van der Waals surface area contributed by atoms with Gasteiger partial charge in [0.1, 0.15) is 5.00 Å². The molecule has 0 aliphatic heterocycles. The van der Waals surface area contributed by atoms with E-state index in [1.807, 2.05) is 30.2 Å². The Balaban J connectivity index is 1.92. The van der Waals surface area contributed by atoms with Gasteiger partial charge in [-0.05, 0) is 23.9 Å². The van der Waals surface area contributed by atoms with E-state index in [0.29, 0.717) is 5.82 Å². The summed E-state index contributed by atoms with van der Waals surface area (Å²) in [5.41, 5.74) is 6.98. The van der Waals surface area contributed by atoms with Crippen molar-refractivity contribution < 1.29 is 0 Å². The van der Waals surface area contributed by atoms with Crippen LogP contribution in [-0.4, -0.2) is 27.0 Å². The average Bonchev–Trinajstić information content (AvgIpc) is 2.86. The van der Waals surface area contributed by atoms with Crippen LogP contribution >= 0.6 is 23.3 Å². The first-order chi connectivity index (χ1) is 8.22. The molecule has 0 saturated heterocycles. The lowest BCUT2D eigenvalue weighted by Gasteiger charge is -2.05. The van der Waals surface area contributed by atoms with Crippen LogP contribution in [0, 0.1) is 0 Å². The molecule has 92 valence electrons. The molecule has 0 aliphatic carbocycles. The number of nitrogens with zero attached hydrogens (tertiary/aromatic N) is 3. The molecule has 0 saturated carbocycles. The Morgan fingerprint density at radius 1 is 1.59 bits per heavy atom. The van der Waals surface area contributed by atoms with E-state index < -0.39 is 0 Å². The number of hydrogen-bond acceptors (Lipinski definition) is 6. The van der Waals surface area contributed by atoms with E-state index in [9.17, 15) is 0 Å². The smallest absolute Gasteiger partial charge is 0.153 e. The minimum atomic E-state index is 0.616. The molecule has 3 N–H and O–H groups in total. The van der Waals surface area contributed by atoms with Crippen molar-refractivity contribution >= 4 is 34.1 Å². The molecule has 2 aromatic heterocycles. The number of hydrogen-bond donors (Lipinski definition) is 2. The Labute approximate surface area is 109 Å². The first kappa shape index (κ1) is 12.3. The van der Waals surface area contributed by atoms with Crippen molar-refractivity contribution in [1.82, 2.24) is 14.2 Å². The number of nitrogen functional groups attached to an aromatic ring is 1. The summed E-state index contributed by atoms with van der Waals surface area (Å²) < 4.78 is 6.03. The Morgan fingerprint density at radius 3 is 3.06 bits per heavy atom. The van der Waals surface area contributed by atoms with Crippen LogP contribution in [0.2, 0.25) is 0 Å². The number of nitrogens with two attached hydrogens (primary N) is 1. The van der Waals surface area contributed by atoms with Gasteiger partial charge in [0, 0.05) is 31.9 Å². The molecule has 2 heterocycles. The van der Waals surface area contributed by atoms with Gasteiger partial charge in [0.15, 0.2) is 5.82 Å². The summed E-state index contributed by atoms with van der Waals surface area (Å²) in [5.74, 6) is 0.616. The highest BCUT2D eigenvalue weighted by atomic mass is 32.2. The number of thioether (sulfide) groups is 1. The summed E-state index contributed by atoms with van der Waals surface area (Å²) in [6.45, 7) is 0.856. The predicted octanol–water partition coefficient (Wildman–Crippen LogP) is 1.84. The SMILES string of the molecule is CSc1c(N)nsc1NCCc1ccnn1C. The van der Waals surface area contributed by atoms with Gasteiger partial charge in [-0.25, -0.2) is 0 Å². The predicted molar refractivity (Wildman–Crippen MR) is 73.7 cm³/mol. The maximum absolute atomic E-state index is 5.77. The van der Waals surface area contributed by atoms with Crippen molar-refractivity contribution in [3.63, 3.8) is 0 Å². The highest BCUT2D eigenvalue weighted by Gasteiger charge is 2.09. The molecule has 0 atom stereocenters. The monoisotopic (exact) mass is 269 g/mol. The molecule has 0 bridgehead atoms. The second kappa shape index (κ2) is 5.42. The van der Waals surface area contributed by atoms with E-state index in [1.165, 1.54) is 17.2 Å². The Kier molecular flexibility index (Phi) is 3.90. The van der Waals surface area contributed by atoms with E-state index in [4.69, 9.17) is 5.73 Å². The zero-order chi connectivity index (χ0) is 12.3. The lowest BCUT2D eigenvalue weighted by atomic mass is 10.3. The van der Waals surface area contributed by atoms with Crippen LogP contribution in [0.15, 0.2) is 17.2 Å². The second-order valence-corrected chi connectivity index (χ2v) is 5.14. The van der Waals surface area contributed by atoms with Gasteiger partial charge >= 0.3 is 0 Å². The van der Waals surface area contributed by atoms with E-state index in [2.05, 4.69) is 14.8 Å². The number of rotatable bonds is 5. The van der Waals surface area contributed by atoms with E-state index in [-0.39, 0.29) is 0 Å². The molecule has 0 unspecified atom stereocenters. The Morgan fingerprint density at radius 2 is 2.41 bits per heavy atom. The van der Waals surface area contributed by atoms with Crippen molar-refractivity contribution in [1.29, 1.82) is 0 Å². The van der Waals surface area contributed by atoms with Gasteiger partial charge in [-0.15, -0.1) is 11.8 Å². The highest BCUT2D eigenvalue weighted by molar-refractivity contribution is 7.99. The molecule has 17 heavy (non-hydrogen) atoms. The summed E-state index contributed by atoms with van der Waals surface area (Å²) in [5, 5.41) is 8.55. The number of nitrogens with one attached hydrogen (secondary N) is 1. The quantitative estimate of drug-likeness (QED) is 0.811. The van der Waals surface area contributed by atoms with Crippen LogP contribution in [0.5, 0.6) is 0 Å². The highest BCUT2D eigenvalue weighted by Crippen LogP contribution is 2.34. The van der Waals surface area contributed by atoms with Crippen LogP contribution in [0.25, 0.3) is 0 Å². The van der Waals surface area contributed by atoms with Crippen molar-refractivity contribution in [3.05, 3.63) is 18.0 Å². The summed E-state index contributed by atoms with van der Waals surface area (Å²) in [6, 6.07) is 2.03. The van der Waals surface area contributed by atoms with E-state index in [0.717, 1.165) is 22.9 Å². The van der Waals surface area contributed by atoms with Gasteiger partial charge < -0.3 is 11.1 Å². The molecular weight excluding hydrogens is 254 g/mol. The summed E-state index contributed by atoms with van der Waals surface area (Å²) in [4.78, 5) is 1.04. The zero-order valence-corrected chi connectivity index (χ0v) is 11.4. The minimum absolute atomic E-state index is 0.616. The third-order valence-corrected chi connectivity index (χ3v) is 4.24. The van der Waals surface area contributed by atoms with Crippen molar-refractivity contribution in [2.45, 2.75) is 11.3 Å². The average molecular weight is 269 g/mol. The van der Waals surface area contributed by atoms with Crippen LogP contribution in [0.3, 0.4) is 0 Å². The van der Waals surface area contributed by atoms with Gasteiger partial charge in [-0.1, -0.05) is 0 Å². The van der Waals surface area contributed by atoms with E-state index >= 15 is 0 Å². The largest absolute Gasteiger partial charge is 0.382 e. The molecule has 2 aromatic rings.